The van der Waals surface area contributed by atoms with Crippen LogP contribution in [0.15, 0.2) is 93.3 Å². The molecular weight excluding hydrogens is 496 g/mol. The van der Waals surface area contributed by atoms with E-state index in [1.807, 2.05) is 24.3 Å². The molecule has 0 spiro atoms. The molecule has 0 saturated heterocycles. The topological polar surface area (TPSA) is 156 Å². The number of hydrogen-bond donors (Lipinski definition) is 4. The first-order valence-electron chi connectivity index (χ1n) is 12.7. The Kier molecular flexibility index (Phi) is 8.45. The number of benzene rings is 2. The number of carboxylic acid groups (broad SMARTS) is 2. The third kappa shape index (κ3) is 6.35. The van der Waals surface area contributed by atoms with Gasteiger partial charge in [0.2, 0.25) is 0 Å². The molecule has 2 aromatic heterocycles. The van der Waals surface area contributed by atoms with Crippen molar-refractivity contribution in [1.82, 2.24) is 9.97 Å². The molecule has 0 aliphatic carbocycles. The number of aromatic amines is 2. The van der Waals surface area contributed by atoms with E-state index in [-0.39, 0.29) is 16.5 Å². The molecule has 2 heterocycles. The fourth-order valence-electron chi connectivity index (χ4n) is 4.67. The van der Waals surface area contributed by atoms with Crippen LogP contribution in [0.4, 0.5) is 23.0 Å². The number of aromatic nitrogens is 2. The first-order chi connectivity index (χ1) is 18.8. The van der Waals surface area contributed by atoms with E-state index < -0.39 is 11.9 Å². The second-order valence-electron chi connectivity index (χ2n) is 9.20. The molecule has 0 aliphatic heterocycles. The summed E-state index contributed by atoms with van der Waals surface area (Å²) in [5.41, 5.74) is 3.20. The SMILES string of the molecule is CCCC(CCC)(c1ccc(N=Nc2ccc(C(=O)O)cc2)[nH]1)c1ccc(N=Nc2ccc(C(=O)O)cc2)[nH]1. The minimum atomic E-state index is -0.987. The van der Waals surface area contributed by atoms with Crippen molar-refractivity contribution in [3.63, 3.8) is 0 Å². The van der Waals surface area contributed by atoms with Gasteiger partial charge < -0.3 is 20.2 Å². The molecule has 39 heavy (non-hydrogen) atoms. The van der Waals surface area contributed by atoms with Crippen LogP contribution in [0.2, 0.25) is 0 Å². The summed E-state index contributed by atoms with van der Waals surface area (Å²) >= 11 is 0. The second kappa shape index (κ2) is 12.1. The minimum Gasteiger partial charge on any atom is -0.478 e. The first-order valence-corrected chi connectivity index (χ1v) is 12.7. The van der Waals surface area contributed by atoms with E-state index >= 15 is 0 Å². The number of H-pyrrole nitrogens is 2. The van der Waals surface area contributed by atoms with Crippen molar-refractivity contribution in [2.75, 3.05) is 0 Å². The molecule has 0 amide bonds. The van der Waals surface area contributed by atoms with Crippen LogP contribution >= 0.6 is 0 Å². The Balaban J connectivity index is 1.58. The van der Waals surface area contributed by atoms with Gasteiger partial charge in [-0.15, -0.1) is 20.5 Å². The number of rotatable bonds is 12. The average Bonchev–Trinajstić information content (AvgIpc) is 3.62. The standard InChI is InChI=1S/C29H30N6O4/c1-3-17-29(18-4-2,23-13-15-25(30-23)34-32-21-9-5-19(6-10-21)27(36)37)24-14-16-26(31-24)35-33-22-11-7-20(8-12-22)28(38)39/h5-16,30-31H,3-4,17-18H2,1-2H3,(H,36,37)(H,38,39). The molecule has 0 atom stereocenters. The molecule has 0 unspecified atom stereocenters. The lowest BCUT2D eigenvalue weighted by atomic mass is 9.74. The maximum atomic E-state index is 11.1. The van der Waals surface area contributed by atoms with Gasteiger partial charge in [-0.05, 0) is 85.6 Å². The minimum absolute atomic E-state index is 0.195. The van der Waals surface area contributed by atoms with Crippen LogP contribution in [0.25, 0.3) is 0 Å². The smallest absolute Gasteiger partial charge is 0.335 e. The van der Waals surface area contributed by atoms with Crippen molar-refractivity contribution < 1.29 is 19.8 Å². The van der Waals surface area contributed by atoms with Crippen LogP contribution in [0, 0.1) is 0 Å². The van der Waals surface area contributed by atoms with Crippen molar-refractivity contribution >= 4 is 34.9 Å². The number of nitrogens with zero attached hydrogens (tertiary/aromatic N) is 4. The van der Waals surface area contributed by atoms with Gasteiger partial charge in [-0.1, -0.05) is 26.7 Å². The molecule has 0 aliphatic rings. The van der Waals surface area contributed by atoms with Gasteiger partial charge in [0, 0.05) is 11.4 Å². The van der Waals surface area contributed by atoms with Crippen LogP contribution in [0.3, 0.4) is 0 Å². The van der Waals surface area contributed by atoms with Crippen molar-refractivity contribution in [1.29, 1.82) is 0 Å². The summed E-state index contributed by atoms with van der Waals surface area (Å²) in [7, 11) is 0. The molecular formula is C29H30N6O4. The van der Waals surface area contributed by atoms with Gasteiger partial charge in [0.05, 0.1) is 27.9 Å². The van der Waals surface area contributed by atoms with Gasteiger partial charge >= 0.3 is 11.9 Å². The molecule has 0 radical (unpaired) electrons. The van der Waals surface area contributed by atoms with Gasteiger partial charge in [-0.2, -0.15) is 0 Å². The van der Waals surface area contributed by atoms with Gasteiger partial charge in [-0.25, -0.2) is 9.59 Å². The van der Waals surface area contributed by atoms with Crippen molar-refractivity contribution in [3.8, 4) is 0 Å². The van der Waals surface area contributed by atoms with E-state index in [9.17, 15) is 9.59 Å². The Morgan fingerprint density at radius 1 is 0.615 bits per heavy atom. The normalized spacial score (nSPS) is 11.9. The molecule has 0 fully saturated rings. The lowest BCUT2D eigenvalue weighted by molar-refractivity contribution is 0.0686. The van der Waals surface area contributed by atoms with Crippen molar-refractivity contribution in [2.24, 2.45) is 20.5 Å². The number of carbonyl (C=O) groups is 2. The third-order valence-corrected chi connectivity index (χ3v) is 6.50. The second-order valence-corrected chi connectivity index (χ2v) is 9.20. The predicted octanol–water partition coefficient (Wildman–Crippen LogP) is 8.46. The molecule has 200 valence electrons. The quantitative estimate of drug-likeness (QED) is 0.137. The number of aromatic carboxylic acids is 2. The van der Waals surface area contributed by atoms with Crippen LogP contribution in [-0.2, 0) is 5.41 Å². The third-order valence-electron chi connectivity index (χ3n) is 6.50. The van der Waals surface area contributed by atoms with E-state index in [1.54, 1.807) is 24.3 Å². The molecule has 10 heteroatoms. The van der Waals surface area contributed by atoms with E-state index in [2.05, 4.69) is 44.3 Å². The summed E-state index contributed by atoms with van der Waals surface area (Å²) in [6, 6.07) is 20.3. The number of azo groups is 2. The highest BCUT2D eigenvalue weighted by atomic mass is 16.4. The maximum Gasteiger partial charge on any atom is 0.335 e. The summed E-state index contributed by atoms with van der Waals surface area (Å²) in [5, 5.41) is 35.3. The molecule has 0 saturated carbocycles. The monoisotopic (exact) mass is 526 g/mol. The lowest BCUT2D eigenvalue weighted by Gasteiger charge is -2.32. The first kappa shape index (κ1) is 27.2. The highest BCUT2D eigenvalue weighted by Gasteiger charge is 2.35. The van der Waals surface area contributed by atoms with Crippen molar-refractivity contribution in [3.05, 3.63) is 95.3 Å². The maximum absolute atomic E-state index is 11.1. The zero-order valence-corrected chi connectivity index (χ0v) is 21.8. The Labute approximate surface area is 225 Å². The fraction of sp³-hybridized carbons (Fsp3) is 0.241. The summed E-state index contributed by atoms with van der Waals surface area (Å²) in [4.78, 5) is 29.0. The van der Waals surface area contributed by atoms with Crippen LogP contribution in [0.1, 0.15) is 71.6 Å². The number of hydrogen-bond acceptors (Lipinski definition) is 6. The highest BCUT2D eigenvalue weighted by molar-refractivity contribution is 5.88. The molecule has 2 aromatic carbocycles. The Morgan fingerprint density at radius 3 is 1.33 bits per heavy atom. The molecule has 4 aromatic rings. The zero-order chi connectivity index (χ0) is 27.8. The van der Waals surface area contributed by atoms with Gasteiger partial charge in [0.1, 0.15) is 0 Å². The van der Waals surface area contributed by atoms with E-state index in [4.69, 9.17) is 10.2 Å². The Morgan fingerprint density at radius 2 is 1.00 bits per heavy atom. The van der Waals surface area contributed by atoms with Crippen molar-refractivity contribution in [2.45, 2.75) is 44.9 Å². The molecule has 4 rings (SSSR count). The summed E-state index contributed by atoms with van der Waals surface area (Å²) in [5.74, 6) is -0.779. The van der Waals surface area contributed by atoms with E-state index in [1.165, 1.54) is 24.3 Å². The van der Waals surface area contributed by atoms with Crippen LogP contribution in [-0.4, -0.2) is 32.1 Å². The van der Waals surface area contributed by atoms with Gasteiger partial charge in [0.25, 0.3) is 0 Å². The number of nitrogens with one attached hydrogen (secondary N) is 2. The van der Waals surface area contributed by atoms with Crippen LogP contribution in [0.5, 0.6) is 0 Å². The predicted molar refractivity (Wildman–Crippen MR) is 147 cm³/mol. The Hall–Kier alpha value is -4.86. The molecule has 10 nitrogen and oxygen atoms in total. The summed E-state index contributed by atoms with van der Waals surface area (Å²) in [6.45, 7) is 4.30. The van der Waals surface area contributed by atoms with Gasteiger partial charge in [-0.3, -0.25) is 0 Å². The zero-order valence-electron chi connectivity index (χ0n) is 21.8. The fourth-order valence-corrected chi connectivity index (χ4v) is 4.67. The molecule has 4 N–H and O–H groups in total. The Bertz CT molecular complexity index is 1370. The number of carboxylic acids is 2. The lowest BCUT2D eigenvalue weighted by Crippen LogP contribution is -2.28. The highest BCUT2D eigenvalue weighted by Crippen LogP contribution is 2.41. The van der Waals surface area contributed by atoms with E-state index in [0.717, 1.165) is 37.1 Å². The average molecular weight is 527 g/mol. The summed E-state index contributed by atoms with van der Waals surface area (Å²) < 4.78 is 0. The summed E-state index contributed by atoms with van der Waals surface area (Å²) in [6.07, 6.45) is 3.69. The largest absolute Gasteiger partial charge is 0.478 e. The van der Waals surface area contributed by atoms with E-state index in [0.29, 0.717) is 23.0 Å². The molecule has 0 bridgehead atoms. The van der Waals surface area contributed by atoms with Gasteiger partial charge in [0.15, 0.2) is 11.6 Å². The van der Waals surface area contributed by atoms with Crippen LogP contribution < -0.4 is 0 Å².